The van der Waals surface area contributed by atoms with Gasteiger partial charge in [-0.15, -0.1) is 10.2 Å². The highest BCUT2D eigenvalue weighted by molar-refractivity contribution is 7.99. The molecule has 2 aromatic carbocycles. The number of aryl methyl sites for hydroxylation is 1. The van der Waals surface area contributed by atoms with Crippen LogP contribution in [-0.4, -0.2) is 42.2 Å². The molecule has 0 radical (unpaired) electrons. The molecule has 0 saturated carbocycles. The number of amides is 2. The van der Waals surface area contributed by atoms with E-state index < -0.39 is 21.8 Å². The number of thioether (sulfide) groups is 1. The van der Waals surface area contributed by atoms with Gasteiger partial charge in [-0.25, -0.2) is 0 Å². The van der Waals surface area contributed by atoms with Crippen molar-refractivity contribution in [2.24, 2.45) is 13.0 Å². The van der Waals surface area contributed by atoms with E-state index in [1.165, 1.54) is 30.3 Å². The van der Waals surface area contributed by atoms with Gasteiger partial charge in [-0.3, -0.25) is 29.8 Å². The molecule has 37 heavy (non-hydrogen) atoms. The Morgan fingerprint density at radius 3 is 2.46 bits per heavy atom. The third-order valence-electron chi connectivity index (χ3n) is 5.44. The van der Waals surface area contributed by atoms with Gasteiger partial charge in [-0.05, 0) is 25.0 Å². The summed E-state index contributed by atoms with van der Waals surface area (Å²) in [6.45, 7) is 5.38. The number of hydrogen-bond acceptors (Lipinski definition) is 9. The van der Waals surface area contributed by atoms with Gasteiger partial charge in [0.25, 0.3) is 17.3 Å². The van der Waals surface area contributed by atoms with Crippen LogP contribution in [0.2, 0.25) is 0 Å². The first-order valence-corrected chi connectivity index (χ1v) is 12.1. The fourth-order valence-electron chi connectivity index (χ4n) is 3.45. The molecular formula is C23H25N7O6S. The Hall–Kier alpha value is -4.33. The average molecular weight is 528 g/mol. The van der Waals surface area contributed by atoms with E-state index in [9.17, 15) is 29.8 Å². The molecular weight excluding hydrogens is 502 g/mol. The summed E-state index contributed by atoms with van der Waals surface area (Å²) in [7, 11) is 1.70. The number of carbonyl (C=O) groups excluding carboxylic acids is 2. The lowest BCUT2D eigenvalue weighted by atomic mass is 10.0. The highest BCUT2D eigenvalue weighted by atomic mass is 32.2. The normalized spacial score (nSPS) is 11.7. The molecule has 2 N–H and O–H groups in total. The fourth-order valence-corrected chi connectivity index (χ4v) is 4.17. The van der Waals surface area contributed by atoms with E-state index in [-0.39, 0.29) is 34.5 Å². The maximum absolute atomic E-state index is 12.8. The maximum Gasteiger partial charge on any atom is 0.274 e. The lowest BCUT2D eigenvalue weighted by Gasteiger charge is -2.21. The topological polar surface area (TPSA) is 175 Å². The summed E-state index contributed by atoms with van der Waals surface area (Å²) in [6.07, 6.45) is 0. The van der Waals surface area contributed by atoms with Gasteiger partial charge in [0.05, 0.1) is 21.6 Å². The molecule has 0 bridgehead atoms. The number of hydrogen-bond donors (Lipinski definition) is 2. The number of nitrogens with zero attached hydrogens (tertiary/aromatic N) is 5. The fraction of sp³-hybridized carbons (Fsp3) is 0.304. The third kappa shape index (κ3) is 6.67. The lowest BCUT2D eigenvalue weighted by Crippen LogP contribution is -2.33. The van der Waals surface area contributed by atoms with Gasteiger partial charge in [0.2, 0.25) is 5.91 Å². The van der Waals surface area contributed by atoms with Crippen LogP contribution in [0.1, 0.15) is 41.6 Å². The van der Waals surface area contributed by atoms with Gasteiger partial charge < -0.3 is 15.2 Å². The number of nitro benzene ring substituents is 2. The standard InChI is InChI=1S/C23H25N7O6S/c1-13(2)20(25-22(32)15-6-5-7-17(10-15)29(33)34)21-26-27-23(28(21)4)37-12-19(31)24-16-9-8-14(3)18(11-16)30(35)36/h5-11,13,20H,12H2,1-4H3,(H,24,31)(H,25,32)/t20-/m0/s1. The number of carbonyl (C=O) groups is 2. The molecule has 0 spiro atoms. The second kappa shape index (κ2) is 11.6. The van der Waals surface area contributed by atoms with E-state index in [1.807, 2.05) is 13.8 Å². The number of non-ortho nitro benzene ring substituents is 1. The van der Waals surface area contributed by atoms with Crippen molar-refractivity contribution in [3.63, 3.8) is 0 Å². The molecule has 0 aliphatic rings. The van der Waals surface area contributed by atoms with E-state index in [0.29, 0.717) is 22.2 Å². The molecule has 0 saturated heterocycles. The van der Waals surface area contributed by atoms with Crippen molar-refractivity contribution in [2.75, 3.05) is 11.1 Å². The van der Waals surface area contributed by atoms with Crippen molar-refractivity contribution < 1.29 is 19.4 Å². The number of anilines is 1. The van der Waals surface area contributed by atoms with Gasteiger partial charge in [0.15, 0.2) is 11.0 Å². The van der Waals surface area contributed by atoms with Crippen molar-refractivity contribution >= 4 is 40.6 Å². The van der Waals surface area contributed by atoms with Gasteiger partial charge >= 0.3 is 0 Å². The first kappa shape index (κ1) is 27.3. The van der Waals surface area contributed by atoms with E-state index in [4.69, 9.17) is 0 Å². The first-order chi connectivity index (χ1) is 17.5. The molecule has 14 heteroatoms. The van der Waals surface area contributed by atoms with Crippen LogP contribution in [-0.2, 0) is 11.8 Å². The highest BCUT2D eigenvalue weighted by Gasteiger charge is 2.26. The Bertz CT molecular complexity index is 1360. The number of benzene rings is 2. The summed E-state index contributed by atoms with van der Waals surface area (Å²) in [5.74, 6) is -0.548. The molecule has 1 aromatic heterocycles. The van der Waals surface area contributed by atoms with Crippen molar-refractivity contribution in [2.45, 2.75) is 32.0 Å². The van der Waals surface area contributed by atoms with Crippen molar-refractivity contribution in [1.29, 1.82) is 0 Å². The van der Waals surface area contributed by atoms with Crippen molar-refractivity contribution in [3.05, 3.63) is 79.6 Å². The van der Waals surface area contributed by atoms with Crippen LogP contribution >= 0.6 is 11.8 Å². The van der Waals surface area contributed by atoms with Gasteiger partial charge in [0, 0.05) is 42.1 Å². The van der Waals surface area contributed by atoms with Gasteiger partial charge in [0.1, 0.15) is 0 Å². The van der Waals surface area contributed by atoms with Crippen LogP contribution in [0.15, 0.2) is 47.6 Å². The summed E-state index contributed by atoms with van der Waals surface area (Å²) in [6, 6.07) is 9.32. The minimum Gasteiger partial charge on any atom is -0.342 e. The molecule has 0 aliphatic heterocycles. The van der Waals surface area contributed by atoms with Crippen LogP contribution in [0.3, 0.4) is 0 Å². The third-order valence-corrected chi connectivity index (χ3v) is 6.46. The quantitative estimate of drug-likeness (QED) is 0.226. The summed E-state index contributed by atoms with van der Waals surface area (Å²) < 4.78 is 1.66. The van der Waals surface area contributed by atoms with Crippen LogP contribution in [0, 0.1) is 33.1 Å². The number of nitro groups is 2. The molecule has 3 aromatic rings. The molecule has 3 rings (SSSR count). The predicted octanol–water partition coefficient (Wildman–Crippen LogP) is 3.80. The Morgan fingerprint density at radius 2 is 1.81 bits per heavy atom. The van der Waals surface area contributed by atoms with E-state index in [0.717, 1.165) is 11.8 Å². The zero-order valence-corrected chi connectivity index (χ0v) is 21.3. The minimum atomic E-state index is -0.570. The molecule has 2 amide bonds. The van der Waals surface area contributed by atoms with Crippen LogP contribution < -0.4 is 10.6 Å². The number of aromatic nitrogens is 3. The monoisotopic (exact) mass is 527 g/mol. The highest BCUT2D eigenvalue weighted by Crippen LogP contribution is 2.26. The second-order valence-corrected chi connectivity index (χ2v) is 9.44. The van der Waals surface area contributed by atoms with E-state index in [1.54, 1.807) is 30.7 Å². The SMILES string of the molecule is Cc1ccc(NC(=O)CSc2nnc([C@@H](NC(=O)c3cccc([N+](=O)[O-])c3)C(C)C)n2C)cc1[N+](=O)[O-]. The largest absolute Gasteiger partial charge is 0.342 e. The average Bonchev–Trinajstić information content (AvgIpc) is 3.21. The number of nitrogens with one attached hydrogen (secondary N) is 2. The van der Waals surface area contributed by atoms with E-state index >= 15 is 0 Å². The number of rotatable bonds is 10. The Morgan fingerprint density at radius 1 is 1.08 bits per heavy atom. The van der Waals surface area contributed by atoms with Crippen LogP contribution in [0.4, 0.5) is 17.1 Å². The summed E-state index contributed by atoms with van der Waals surface area (Å²) in [5, 5.41) is 36.4. The summed E-state index contributed by atoms with van der Waals surface area (Å²) in [5.41, 5.74) is 0.663. The molecule has 0 fully saturated rings. The molecule has 0 unspecified atom stereocenters. The van der Waals surface area contributed by atoms with E-state index in [2.05, 4.69) is 20.8 Å². The van der Waals surface area contributed by atoms with Crippen LogP contribution in [0.25, 0.3) is 0 Å². The van der Waals surface area contributed by atoms with Gasteiger partial charge in [-0.2, -0.15) is 0 Å². The summed E-state index contributed by atoms with van der Waals surface area (Å²) in [4.78, 5) is 46.3. The molecule has 194 valence electrons. The van der Waals surface area contributed by atoms with Crippen molar-refractivity contribution in [1.82, 2.24) is 20.1 Å². The lowest BCUT2D eigenvalue weighted by molar-refractivity contribution is -0.385. The molecule has 1 heterocycles. The molecule has 1 atom stereocenters. The minimum absolute atomic E-state index is 0.0277. The molecule has 13 nitrogen and oxygen atoms in total. The first-order valence-electron chi connectivity index (χ1n) is 11.1. The van der Waals surface area contributed by atoms with Crippen LogP contribution in [0.5, 0.6) is 0 Å². The smallest absolute Gasteiger partial charge is 0.274 e. The Kier molecular flexibility index (Phi) is 8.55. The predicted molar refractivity (Wildman–Crippen MR) is 136 cm³/mol. The van der Waals surface area contributed by atoms with Crippen molar-refractivity contribution in [3.8, 4) is 0 Å². The van der Waals surface area contributed by atoms with Gasteiger partial charge in [-0.1, -0.05) is 37.7 Å². The Balaban J connectivity index is 1.68. The maximum atomic E-state index is 12.8. The summed E-state index contributed by atoms with van der Waals surface area (Å²) >= 11 is 1.11. The molecule has 0 aliphatic carbocycles. The zero-order valence-electron chi connectivity index (χ0n) is 20.5. The Labute approximate surface area is 216 Å². The zero-order chi connectivity index (χ0) is 27.3. The second-order valence-electron chi connectivity index (χ2n) is 8.50.